The van der Waals surface area contributed by atoms with Gasteiger partial charge in [-0.2, -0.15) is 0 Å². The van der Waals surface area contributed by atoms with Gasteiger partial charge in [-0.05, 0) is 19.3 Å². The predicted molar refractivity (Wildman–Crippen MR) is 23.6 cm³/mol. The van der Waals surface area contributed by atoms with Gasteiger partial charge < -0.3 is 0 Å². The smallest absolute Gasteiger partial charge is 0.122 e. The molecule has 2 aliphatic rings. The molecule has 0 spiro atoms. The van der Waals surface area contributed by atoms with Crippen LogP contribution in [0.3, 0.4) is 0 Å². The summed E-state index contributed by atoms with van der Waals surface area (Å²) in [5.74, 6) is 0. The van der Waals surface area contributed by atoms with Gasteiger partial charge in [0.25, 0.3) is 0 Å². The van der Waals surface area contributed by atoms with Crippen LogP contribution in [0.5, 0.6) is 0 Å². The number of hydrogen-bond donors (Lipinski definition) is 0. The molecule has 1 saturated heterocycles. The zero-order chi connectivity index (χ0) is 4.69. The van der Waals surface area contributed by atoms with E-state index in [0.717, 1.165) is 0 Å². The summed E-state index contributed by atoms with van der Waals surface area (Å²) in [6.45, 7) is 0. The maximum Gasteiger partial charge on any atom is 0.122 e. The topological polar surface area (TPSA) is 18.5 Å². The van der Waals surface area contributed by atoms with Crippen LogP contribution in [0, 0.1) is 0 Å². The van der Waals surface area contributed by atoms with E-state index in [4.69, 9.17) is 9.78 Å². The van der Waals surface area contributed by atoms with Crippen molar-refractivity contribution in [2.75, 3.05) is 0 Å². The molecule has 1 aliphatic carbocycles. The van der Waals surface area contributed by atoms with E-state index in [0.29, 0.717) is 12.2 Å². The van der Waals surface area contributed by atoms with E-state index in [1.165, 1.54) is 19.3 Å². The van der Waals surface area contributed by atoms with Crippen molar-refractivity contribution in [1.29, 1.82) is 0 Å². The molecule has 1 heterocycles. The van der Waals surface area contributed by atoms with Crippen LogP contribution in [0.25, 0.3) is 0 Å². The maximum atomic E-state index is 4.75. The summed E-state index contributed by atoms with van der Waals surface area (Å²) in [6, 6.07) is 0. The molecular weight excluding hydrogens is 92.1 g/mol. The molecule has 1 saturated carbocycles. The quantitative estimate of drug-likeness (QED) is 0.420. The highest BCUT2D eigenvalue weighted by Crippen LogP contribution is 2.32. The van der Waals surface area contributed by atoms with Crippen molar-refractivity contribution in [3.63, 3.8) is 0 Å². The number of fused-ring (bicyclic) bond motifs is 1. The first kappa shape index (κ1) is 3.87. The van der Waals surface area contributed by atoms with Crippen LogP contribution in [0.4, 0.5) is 0 Å². The van der Waals surface area contributed by atoms with Crippen LogP contribution in [-0.2, 0) is 9.78 Å². The van der Waals surface area contributed by atoms with Gasteiger partial charge in [0, 0.05) is 0 Å². The molecule has 2 rings (SSSR count). The Morgan fingerprint density at radius 1 is 1.00 bits per heavy atom. The molecule has 40 valence electrons. The van der Waals surface area contributed by atoms with E-state index in [-0.39, 0.29) is 0 Å². The fourth-order valence-corrected chi connectivity index (χ4v) is 1.20. The first-order valence-corrected chi connectivity index (χ1v) is 2.79. The molecule has 0 radical (unpaired) electrons. The molecule has 0 bridgehead atoms. The number of hydrogen-bond acceptors (Lipinski definition) is 2. The largest absolute Gasteiger partial charge is 0.230 e. The highest BCUT2D eigenvalue weighted by Gasteiger charge is 2.38. The highest BCUT2D eigenvalue weighted by atomic mass is 17.2. The van der Waals surface area contributed by atoms with Crippen molar-refractivity contribution in [1.82, 2.24) is 0 Å². The monoisotopic (exact) mass is 100 g/mol. The van der Waals surface area contributed by atoms with Crippen molar-refractivity contribution in [2.45, 2.75) is 31.5 Å². The number of rotatable bonds is 0. The van der Waals surface area contributed by atoms with Gasteiger partial charge in [0.05, 0.1) is 0 Å². The van der Waals surface area contributed by atoms with Crippen LogP contribution in [0.2, 0.25) is 0 Å². The van der Waals surface area contributed by atoms with E-state index in [2.05, 4.69) is 0 Å². The Kier molecular flexibility index (Phi) is 0.664. The molecule has 0 aromatic rings. The zero-order valence-electron chi connectivity index (χ0n) is 4.09. The normalized spacial score (nSPS) is 48.0. The second-order valence-electron chi connectivity index (χ2n) is 2.20. The third kappa shape index (κ3) is 0.409. The standard InChI is InChI=1S/C5H8O2/c1-2-4-5(3-1)7-6-4/h4-5H,1-3H2. The molecule has 2 fully saturated rings. The van der Waals surface area contributed by atoms with Crippen LogP contribution < -0.4 is 0 Å². The van der Waals surface area contributed by atoms with Gasteiger partial charge >= 0.3 is 0 Å². The molecule has 2 unspecified atom stereocenters. The second-order valence-corrected chi connectivity index (χ2v) is 2.20. The summed E-state index contributed by atoms with van der Waals surface area (Å²) < 4.78 is 0. The Labute approximate surface area is 42.3 Å². The highest BCUT2D eigenvalue weighted by molar-refractivity contribution is 4.80. The van der Waals surface area contributed by atoms with Gasteiger partial charge in [-0.1, -0.05) is 0 Å². The lowest BCUT2D eigenvalue weighted by atomic mass is 10.2. The molecule has 2 atom stereocenters. The summed E-state index contributed by atoms with van der Waals surface area (Å²) in [7, 11) is 0. The summed E-state index contributed by atoms with van der Waals surface area (Å²) in [4.78, 5) is 9.51. The maximum absolute atomic E-state index is 4.75. The minimum Gasteiger partial charge on any atom is -0.230 e. The fourth-order valence-electron chi connectivity index (χ4n) is 1.20. The van der Waals surface area contributed by atoms with Gasteiger partial charge in [0.2, 0.25) is 0 Å². The van der Waals surface area contributed by atoms with Crippen molar-refractivity contribution in [2.24, 2.45) is 0 Å². The average Bonchev–Trinajstić information content (AvgIpc) is 1.85. The van der Waals surface area contributed by atoms with Gasteiger partial charge in [-0.3, -0.25) is 0 Å². The zero-order valence-corrected chi connectivity index (χ0v) is 4.09. The summed E-state index contributed by atoms with van der Waals surface area (Å²) >= 11 is 0. The lowest BCUT2D eigenvalue weighted by Crippen LogP contribution is -2.37. The molecule has 0 amide bonds. The Bertz CT molecular complexity index is 72.1. The van der Waals surface area contributed by atoms with E-state index in [1.807, 2.05) is 0 Å². The first-order valence-electron chi connectivity index (χ1n) is 2.79. The molecule has 7 heavy (non-hydrogen) atoms. The van der Waals surface area contributed by atoms with Crippen molar-refractivity contribution >= 4 is 0 Å². The lowest BCUT2D eigenvalue weighted by Gasteiger charge is -2.28. The van der Waals surface area contributed by atoms with Gasteiger partial charge in [0.15, 0.2) is 0 Å². The van der Waals surface area contributed by atoms with Crippen LogP contribution in [-0.4, -0.2) is 12.2 Å². The van der Waals surface area contributed by atoms with E-state index >= 15 is 0 Å². The lowest BCUT2D eigenvalue weighted by molar-refractivity contribution is -0.455. The third-order valence-electron chi connectivity index (χ3n) is 1.69. The van der Waals surface area contributed by atoms with Gasteiger partial charge in [0.1, 0.15) is 12.2 Å². The molecule has 0 aromatic heterocycles. The molecule has 2 heteroatoms. The molecule has 0 aromatic carbocycles. The molecule has 1 aliphatic heterocycles. The first-order chi connectivity index (χ1) is 3.47. The molecular formula is C5H8O2. The van der Waals surface area contributed by atoms with E-state index in [1.54, 1.807) is 0 Å². The van der Waals surface area contributed by atoms with Crippen molar-refractivity contribution in [3.05, 3.63) is 0 Å². The summed E-state index contributed by atoms with van der Waals surface area (Å²) in [6.07, 6.45) is 4.66. The Morgan fingerprint density at radius 3 is 1.86 bits per heavy atom. The van der Waals surface area contributed by atoms with E-state index in [9.17, 15) is 0 Å². The van der Waals surface area contributed by atoms with Crippen molar-refractivity contribution in [3.8, 4) is 0 Å². The fraction of sp³-hybridized carbons (Fsp3) is 1.00. The molecule has 2 nitrogen and oxygen atoms in total. The Morgan fingerprint density at radius 2 is 1.57 bits per heavy atom. The minimum atomic E-state index is 0.472. The van der Waals surface area contributed by atoms with Crippen LogP contribution in [0.15, 0.2) is 0 Å². The SMILES string of the molecule is C1CC2OOC2C1. The third-order valence-corrected chi connectivity index (χ3v) is 1.69. The molecule has 0 N–H and O–H groups in total. The van der Waals surface area contributed by atoms with E-state index < -0.39 is 0 Å². The van der Waals surface area contributed by atoms with Gasteiger partial charge in [-0.25, -0.2) is 9.78 Å². The summed E-state index contributed by atoms with van der Waals surface area (Å²) in [5.41, 5.74) is 0. The average molecular weight is 100 g/mol. The second kappa shape index (κ2) is 1.20. The van der Waals surface area contributed by atoms with Crippen LogP contribution >= 0.6 is 0 Å². The van der Waals surface area contributed by atoms with Crippen LogP contribution in [0.1, 0.15) is 19.3 Å². The predicted octanol–water partition coefficient (Wildman–Crippen LogP) is 0.869. The Balaban J connectivity index is 2.03. The van der Waals surface area contributed by atoms with Crippen molar-refractivity contribution < 1.29 is 9.78 Å². The van der Waals surface area contributed by atoms with Gasteiger partial charge in [-0.15, -0.1) is 0 Å². The minimum absolute atomic E-state index is 0.472. The summed E-state index contributed by atoms with van der Waals surface area (Å²) in [5, 5.41) is 0. The Hall–Kier alpha value is -0.0800.